The van der Waals surface area contributed by atoms with Gasteiger partial charge in [-0.25, -0.2) is 4.79 Å². The predicted octanol–water partition coefficient (Wildman–Crippen LogP) is 3.69. The van der Waals surface area contributed by atoms with Gasteiger partial charge in [-0.15, -0.1) is 0 Å². The molecule has 1 heterocycles. The number of rotatable bonds is 5. The third-order valence-corrected chi connectivity index (χ3v) is 3.83. The maximum Gasteiger partial charge on any atom is 0.343 e. The molecular weight excluding hydrogens is 320 g/mol. The topological polar surface area (TPSA) is 54.0 Å². The highest BCUT2D eigenvalue weighted by atomic mass is 16.5. The van der Waals surface area contributed by atoms with Crippen molar-refractivity contribution in [3.05, 3.63) is 65.2 Å². The van der Waals surface area contributed by atoms with Crippen molar-refractivity contribution in [2.75, 3.05) is 21.3 Å². The molecule has 0 unspecified atom stereocenters. The summed E-state index contributed by atoms with van der Waals surface area (Å²) in [6, 6.07) is 12.8. The smallest absolute Gasteiger partial charge is 0.343 e. The Bertz CT molecular complexity index is 847. The van der Waals surface area contributed by atoms with E-state index in [9.17, 15) is 4.79 Å². The van der Waals surface area contributed by atoms with E-state index in [0.29, 0.717) is 22.8 Å². The highest BCUT2D eigenvalue weighted by molar-refractivity contribution is 6.05. The summed E-state index contributed by atoms with van der Waals surface area (Å²) in [6.07, 6.45) is 3.47. The van der Waals surface area contributed by atoms with Gasteiger partial charge in [0.05, 0.1) is 26.9 Å². The largest absolute Gasteiger partial charge is 0.497 e. The van der Waals surface area contributed by atoms with Crippen LogP contribution in [0, 0.1) is 0 Å². The highest BCUT2D eigenvalue weighted by Gasteiger charge is 2.22. The summed E-state index contributed by atoms with van der Waals surface area (Å²) in [7, 11) is 4.75. The molecule has 25 heavy (non-hydrogen) atoms. The van der Waals surface area contributed by atoms with Crippen LogP contribution in [0.3, 0.4) is 0 Å². The molecule has 2 aromatic carbocycles. The molecule has 5 nitrogen and oxygen atoms in total. The summed E-state index contributed by atoms with van der Waals surface area (Å²) in [5, 5.41) is 0. The zero-order valence-corrected chi connectivity index (χ0v) is 14.2. The molecule has 0 fully saturated rings. The maximum absolute atomic E-state index is 12.1. The monoisotopic (exact) mass is 338 g/mol. The molecule has 1 aliphatic rings. The van der Waals surface area contributed by atoms with E-state index in [4.69, 9.17) is 18.9 Å². The minimum Gasteiger partial charge on any atom is -0.497 e. The molecule has 3 rings (SSSR count). The van der Waals surface area contributed by atoms with Crippen LogP contribution < -0.4 is 14.2 Å². The Morgan fingerprint density at radius 1 is 0.880 bits per heavy atom. The lowest BCUT2D eigenvalue weighted by atomic mass is 10.1. The van der Waals surface area contributed by atoms with Crippen LogP contribution in [0.25, 0.3) is 11.8 Å². The standard InChI is InChI=1S/C20H18O5/c1-22-16-7-5-14(6-8-16)18-12-15(20(21)25-18)10-13-4-9-17(23-2)19(11-13)24-3/h4-12H,1-3H3/b15-10+. The predicted molar refractivity (Wildman–Crippen MR) is 94.6 cm³/mol. The van der Waals surface area contributed by atoms with Crippen LogP contribution in [-0.4, -0.2) is 27.3 Å². The lowest BCUT2D eigenvalue weighted by Gasteiger charge is -2.07. The molecule has 128 valence electrons. The van der Waals surface area contributed by atoms with E-state index in [1.54, 1.807) is 45.6 Å². The van der Waals surface area contributed by atoms with Crippen molar-refractivity contribution < 1.29 is 23.7 Å². The van der Waals surface area contributed by atoms with E-state index in [0.717, 1.165) is 16.9 Å². The van der Waals surface area contributed by atoms with Gasteiger partial charge in [0.15, 0.2) is 11.5 Å². The van der Waals surface area contributed by atoms with Gasteiger partial charge in [-0.1, -0.05) is 6.07 Å². The summed E-state index contributed by atoms with van der Waals surface area (Å²) in [5.41, 5.74) is 2.10. The van der Waals surface area contributed by atoms with Crippen molar-refractivity contribution in [2.24, 2.45) is 0 Å². The quantitative estimate of drug-likeness (QED) is 0.615. The number of hydrogen-bond acceptors (Lipinski definition) is 5. The minimum atomic E-state index is -0.388. The van der Waals surface area contributed by atoms with E-state index in [2.05, 4.69) is 0 Å². The summed E-state index contributed by atoms with van der Waals surface area (Å²) in [6.45, 7) is 0. The van der Waals surface area contributed by atoms with Gasteiger partial charge in [-0.2, -0.15) is 0 Å². The second-order valence-corrected chi connectivity index (χ2v) is 5.34. The maximum atomic E-state index is 12.1. The summed E-state index contributed by atoms with van der Waals surface area (Å²) in [4.78, 5) is 12.1. The Morgan fingerprint density at radius 3 is 2.24 bits per heavy atom. The fourth-order valence-corrected chi connectivity index (χ4v) is 2.51. The lowest BCUT2D eigenvalue weighted by Crippen LogP contribution is -1.97. The van der Waals surface area contributed by atoms with Crippen LogP contribution >= 0.6 is 0 Å². The normalized spacial score (nSPS) is 14.9. The molecule has 0 spiro atoms. The Morgan fingerprint density at radius 2 is 1.60 bits per heavy atom. The van der Waals surface area contributed by atoms with Crippen molar-refractivity contribution in [3.63, 3.8) is 0 Å². The second-order valence-electron chi connectivity index (χ2n) is 5.34. The first-order valence-electron chi connectivity index (χ1n) is 7.66. The number of cyclic esters (lactones) is 1. The van der Waals surface area contributed by atoms with Gasteiger partial charge in [-0.3, -0.25) is 0 Å². The molecule has 0 aromatic heterocycles. The van der Waals surface area contributed by atoms with Crippen LogP contribution in [-0.2, 0) is 9.53 Å². The Hall–Kier alpha value is -3.21. The van der Waals surface area contributed by atoms with E-state index in [1.807, 2.05) is 30.3 Å². The zero-order chi connectivity index (χ0) is 17.8. The first kappa shape index (κ1) is 16.6. The van der Waals surface area contributed by atoms with E-state index in [-0.39, 0.29) is 5.97 Å². The Kier molecular flexibility index (Phi) is 4.75. The molecule has 0 saturated heterocycles. The molecule has 0 saturated carbocycles. The molecule has 0 bridgehead atoms. The molecule has 0 N–H and O–H groups in total. The van der Waals surface area contributed by atoms with E-state index >= 15 is 0 Å². The average Bonchev–Trinajstić information content (AvgIpc) is 3.02. The number of hydrogen-bond donors (Lipinski definition) is 0. The lowest BCUT2D eigenvalue weighted by molar-refractivity contribution is -0.130. The van der Waals surface area contributed by atoms with Crippen LogP contribution in [0.4, 0.5) is 0 Å². The SMILES string of the molecule is COc1ccc(C2=C/C(=C\c3ccc(OC)c(OC)c3)C(=O)O2)cc1. The molecule has 2 aromatic rings. The third-order valence-electron chi connectivity index (χ3n) is 3.83. The number of carbonyl (C=O) groups is 1. The summed E-state index contributed by atoms with van der Waals surface area (Å²) < 4.78 is 21.0. The van der Waals surface area contributed by atoms with Gasteiger partial charge in [0.1, 0.15) is 11.5 Å². The summed E-state index contributed by atoms with van der Waals surface area (Å²) >= 11 is 0. The van der Waals surface area contributed by atoms with Crippen molar-refractivity contribution >= 4 is 17.8 Å². The van der Waals surface area contributed by atoms with Crippen LogP contribution in [0.5, 0.6) is 17.2 Å². The molecule has 0 aliphatic carbocycles. The van der Waals surface area contributed by atoms with Gasteiger partial charge >= 0.3 is 5.97 Å². The zero-order valence-electron chi connectivity index (χ0n) is 14.2. The highest BCUT2D eigenvalue weighted by Crippen LogP contribution is 2.31. The van der Waals surface area contributed by atoms with Crippen LogP contribution in [0.2, 0.25) is 0 Å². The molecule has 0 amide bonds. The third kappa shape index (κ3) is 3.50. The minimum absolute atomic E-state index is 0.388. The number of methoxy groups -OCH3 is 3. The van der Waals surface area contributed by atoms with Gasteiger partial charge in [0.2, 0.25) is 0 Å². The van der Waals surface area contributed by atoms with Gasteiger partial charge in [0.25, 0.3) is 0 Å². The molecule has 5 heteroatoms. The van der Waals surface area contributed by atoms with Crippen molar-refractivity contribution in [3.8, 4) is 17.2 Å². The van der Waals surface area contributed by atoms with Crippen molar-refractivity contribution in [1.29, 1.82) is 0 Å². The summed E-state index contributed by atoms with van der Waals surface area (Å²) in [5.74, 6) is 2.10. The van der Waals surface area contributed by atoms with Crippen LogP contribution in [0.15, 0.2) is 54.1 Å². The van der Waals surface area contributed by atoms with Gasteiger partial charge in [-0.05, 0) is 54.1 Å². The van der Waals surface area contributed by atoms with Crippen molar-refractivity contribution in [2.45, 2.75) is 0 Å². The molecule has 1 aliphatic heterocycles. The Balaban J connectivity index is 1.90. The molecule has 0 radical (unpaired) electrons. The fourth-order valence-electron chi connectivity index (χ4n) is 2.51. The first-order chi connectivity index (χ1) is 12.1. The van der Waals surface area contributed by atoms with Crippen molar-refractivity contribution in [1.82, 2.24) is 0 Å². The number of carbonyl (C=O) groups excluding carboxylic acids is 1. The van der Waals surface area contributed by atoms with Crippen LogP contribution in [0.1, 0.15) is 11.1 Å². The first-order valence-corrected chi connectivity index (χ1v) is 7.66. The number of esters is 1. The molecule has 0 atom stereocenters. The number of benzene rings is 2. The van der Waals surface area contributed by atoms with E-state index in [1.165, 1.54) is 0 Å². The second kappa shape index (κ2) is 7.13. The fraction of sp³-hybridized carbons (Fsp3) is 0.150. The van der Waals surface area contributed by atoms with Gasteiger partial charge < -0.3 is 18.9 Å². The van der Waals surface area contributed by atoms with Gasteiger partial charge in [0, 0.05) is 5.56 Å². The molecular formula is C20H18O5. The Labute approximate surface area is 146 Å². The number of ether oxygens (including phenoxy) is 4. The average molecular weight is 338 g/mol. The van der Waals surface area contributed by atoms with E-state index < -0.39 is 0 Å².